The van der Waals surface area contributed by atoms with Gasteiger partial charge in [-0.05, 0) is 43.9 Å². The fourth-order valence-corrected chi connectivity index (χ4v) is 2.32. The van der Waals surface area contributed by atoms with E-state index in [1.54, 1.807) is 0 Å². The molecule has 2 rings (SSSR count). The first-order valence-corrected chi connectivity index (χ1v) is 7.37. The van der Waals surface area contributed by atoms with E-state index in [-0.39, 0.29) is 0 Å². The van der Waals surface area contributed by atoms with Crippen LogP contribution in [0.25, 0.3) is 0 Å². The average Bonchev–Trinajstić information content (AvgIpc) is 2.96. The first-order chi connectivity index (χ1) is 9.29. The Morgan fingerprint density at radius 3 is 3.11 bits per heavy atom. The van der Waals surface area contributed by atoms with Gasteiger partial charge in [-0.15, -0.1) is 0 Å². The molecule has 0 unspecified atom stereocenters. The molecular formula is C16H25NO2. The van der Waals surface area contributed by atoms with Gasteiger partial charge < -0.3 is 14.8 Å². The van der Waals surface area contributed by atoms with Crippen molar-refractivity contribution in [1.82, 2.24) is 5.32 Å². The maximum Gasteiger partial charge on any atom is 0.119 e. The lowest BCUT2D eigenvalue weighted by molar-refractivity contribution is 0.108. The van der Waals surface area contributed by atoms with Crippen LogP contribution in [0.5, 0.6) is 5.75 Å². The van der Waals surface area contributed by atoms with E-state index in [1.165, 1.54) is 18.4 Å². The molecule has 2 atom stereocenters. The highest BCUT2D eigenvalue weighted by molar-refractivity contribution is 5.30. The number of benzene rings is 1. The summed E-state index contributed by atoms with van der Waals surface area (Å²) >= 11 is 0. The zero-order valence-corrected chi connectivity index (χ0v) is 12.0. The molecule has 19 heavy (non-hydrogen) atoms. The summed E-state index contributed by atoms with van der Waals surface area (Å²) in [5.41, 5.74) is 1.27. The van der Waals surface area contributed by atoms with Gasteiger partial charge >= 0.3 is 0 Å². The van der Waals surface area contributed by atoms with E-state index < -0.39 is 0 Å². The third kappa shape index (κ3) is 4.51. The van der Waals surface area contributed by atoms with Gasteiger partial charge in [0.05, 0.1) is 12.7 Å². The van der Waals surface area contributed by atoms with Gasteiger partial charge in [-0.2, -0.15) is 0 Å². The average molecular weight is 263 g/mol. The van der Waals surface area contributed by atoms with Crippen LogP contribution in [-0.2, 0) is 4.74 Å². The predicted octanol–water partition coefficient (Wildman–Crippen LogP) is 3.31. The van der Waals surface area contributed by atoms with E-state index in [9.17, 15) is 0 Å². The second-order valence-electron chi connectivity index (χ2n) is 5.19. The van der Waals surface area contributed by atoms with Crippen LogP contribution in [-0.4, -0.2) is 25.9 Å². The SMILES string of the molecule is CCCOc1cccc([C@H](C)NC[C@H]2CCCO2)c1. The van der Waals surface area contributed by atoms with Crippen molar-refractivity contribution < 1.29 is 9.47 Å². The molecule has 3 nitrogen and oxygen atoms in total. The van der Waals surface area contributed by atoms with Gasteiger partial charge in [0.2, 0.25) is 0 Å². The second kappa shape index (κ2) is 7.51. The van der Waals surface area contributed by atoms with Crippen LogP contribution in [0, 0.1) is 0 Å². The minimum atomic E-state index is 0.328. The largest absolute Gasteiger partial charge is 0.494 e. The van der Waals surface area contributed by atoms with Crippen molar-refractivity contribution in [3.8, 4) is 5.75 Å². The fraction of sp³-hybridized carbons (Fsp3) is 0.625. The number of rotatable bonds is 7. The summed E-state index contributed by atoms with van der Waals surface area (Å²) in [6.07, 6.45) is 3.80. The van der Waals surface area contributed by atoms with Gasteiger partial charge in [0.25, 0.3) is 0 Å². The lowest BCUT2D eigenvalue weighted by Gasteiger charge is -2.18. The summed E-state index contributed by atoms with van der Waals surface area (Å²) in [7, 11) is 0. The quantitative estimate of drug-likeness (QED) is 0.818. The first kappa shape index (κ1) is 14.4. The minimum absolute atomic E-state index is 0.328. The minimum Gasteiger partial charge on any atom is -0.494 e. The summed E-state index contributed by atoms with van der Waals surface area (Å²) in [6, 6.07) is 8.68. The smallest absolute Gasteiger partial charge is 0.119 e. The van der Waals surface area contributed by atoms with Gasteiger partial charge in [-0.1, -0.05) is 19.1 Å². The molecular weight excluding hydrogens is 238 g/mol. The molecule has 1 aromatic rings. The van der Waals surface area contributed by atoms with Crippen molar-refractivity contribution in [3.05, 3.63) is 29.8 Å². The Morgan fingerprint density at radius 1 is 1.47 bits per heavy atom. The van der Waals surface area contributed by atoms with Gasteiger partial charge in [-0.25, -0.2) is 0 Å². The van der Waals surface area contributed by atoms with Crippen molar-refractivity contribution in [2.45, 2.75) is 45.3 Å². The molecule has 106 valence electrons. The Labute approximate surface area is 116 Å². The van der Waals surface area contributed by atoms with Crippen LogP contribution in [0.1, 0.15) is 44.7 Å². The van der Waals surface area contributed by atoms with Gasteiger partial charge in [0.15, 0.2) is 0 Å². The molecule has 1 heterocycles. The van der Waals surface area contributed by atoms with Gasteiger partial charge in [-0.3, -0.25) is 0 Å². The zero-order chi connectivity index (χ0) is 13.5. The van der Waals surface area contributed by atoms with Crippen molar-refractivity contribution >= 4 is 0 Å². The Morgan fingerprint density at radius 2 is 2.37 bits per heavy atom. The van der Waals surface area contributed by atoms with Crippen LogP contribution in [0.15, 0.2) is 24.3 Å². The molecule has 1 aliphatic rings. The monoisotopic (exact) mass is 263 g/mol. The molecule has 0 aliphatic carbocycles. The lowest BCUT2D eigenvalue weighted by Crippen LogP contribution is -2.28. The number of hydrogen-bond donors (Lipinski definition) is 1. The van der Waals surface area contributed by atoms with E-state index >= 15 is 0 Å². The fourth-order valence-electron chi connectivity index (χ4n) is 2.32. The van der Waals surface area contributed by atoms with E-state index in [2.05, 4.69) is 37.4 Å². The summed E-state index contributed by atoms with van der Waals surface area (Å²) in [5.74, 6) is 0.963. The Hall–Kier alpha value is -1.06. The maximum absolute atomic E-state index is 5.67. The molecule has 1 saturated heterocycles. The van der Waals surface area contributed by atoms with E-state index in [0.29, 0.717) is 12.1 Å². The summed E-state index contributed by atoms with van der Waals surface area (Å²) in [5, 5.41) is 3.54. The molecule has 3 heteroatoms. The molecule has 0 saturated carbocycles. The molecule has 0 aromatic heterocycles. The highest BCUT2D eigenvalue weighted by Crippen LogP contribution is 2.20. The van der Waals surface area contributed by atoms with Crippen molar-refractivity contribution in [2.24, 2.45) is 0 Å². The Balaban J connectivity index is 1.84. The highest BCUT2D eigenvalue weighted by atomic mass is 16.5. The molecule has 1 fully saturated rings. The Kier molecular flexibility index (Phi) is 5.67. The normalized spacial score (nSPS) is 20.4. The van der Waals surface area contributed by atoms with Crippen LogP contribution in [0.2, 0.25) is 0 Å². The lowest BCUT2D eigenvalue weighted by atomic mass is 10.1. The molecule has 1 aliphatic heterocycles. The number of nitrogens with one attached hydrogen (secondary N) is 1. The van der Waals surface area contributed by atoms with Gasteiger partial charge in [0.1, 0.15) is 5.75 Å². The van der Waals surface area contributed by atoms with Crippen LogP contribution >= 0.6 is 0 Å². The molecule has 1 N–H and O–H groups in total. The first-order valence-electron chi connectivity index (χ1n) is 7.37. The van der Waals surface area contributed by atoms with Crippen molar-refractivity contribution in [3.63, 3.8) is 0 Å². The summed E-state index contributed by atoms with van der Waals surface area (Å²) in [4.78, 5) is 0. The third-order valence-electron chi connectivity index (χ3n) is 3.51. The molecule has 0 radical (unpaired) electrons. The molecule has 1 aromatic carbocycles. The van der Waals surface area contributed by atoms with Crippen LogP contribution in [0.3, 0.4) is 0 Å². The summed E-state index contributed by atoms with van der Waals surface area (Å²) in [6.45, 7) is 6.94. The van der Waals surface area contributed by atoms with Crippen LogP contribution < -0.4 is 10.1 Å². The number of ether oxygens (including phenoxy) is 2. The molecule has 0 bridgehead atoms. The van der Waals surface area contributed by atoms with E-state index in [0.717, 1.165) is 31.9 Å². The predicted molar refractivity (Wildman–Crippen MR) is 77.6 cm³/mol. The van der Waals surface area contributed by atoms with Crippen LogP contribution in [0.4, 0.5) is 0 Å². The third-order valence-corrected chi connectivity index (χ3v) is 3.51. The molecule has 0 amide bonds. The van der Waals surface area contributed by atoms with E-state index in [4.69, 9.17) is 9.47 Å². The van der Waals surface area contributed by atoms with Crippen molar-refractivity contribution in [2.75, 3.05) is 19.8 Å². The zero-order valence-electron chi connectivity index (χ0n) is 12.0. The Bertz CT molecular complexity index is 375. The standard InChI is InChI=1S/C16H25NO2/c1-3-9-18-15-7-4-6-14(11-15)13(2)17-12-16-8-5-10-19-16/h4,6-7,11,13,16-17H,3,5,8-10,12H2,1-2H3/t13-,16+/m0/s1. The topological polar surface area (TPSA) is 30.5 Å². The van der Waals surface area contributed by atoms with E-state index in [1.807, 2.05) is 6.07 Å². The highest BCUT2D eigenvalue weighted by Gasteiger charge is 2.16. The van der Waals surface area contributed by atoms with Gasteiger partial charge in [0, 0.05) is 19.2 Å². The molecule has 0 spiro atoms. The summed E-state index contributed by atoms with van der Waals surface area (Å²) < 4.78 is 11.3. The van der Waals surface area contributed by atoms with Crippen molar-refractivity contribution in [1.29, 1.82) is 0 Å². The maximum atomic E-state index is 5.67. The second-order valence-corrected chi connectivity index (χ2v) is 5.19. The number of hydrogen-bond acceptors (Lipinski definition) is 3.